The molecule has 3 heteroatoms. The third kappa shape index (κ3) is 4.52. The first-order chi connectivity index (χ1) is 6.88. The van der Waals surface area contributed by atoms with Gasteiger partial charge in [-0.3, -0.25) is 0 Å². The summed E-state index contributed by atoms with van der Waals surface area (Å²) in [4.78, 5) is 0. The zero-order chi connectivity index (χ0) is 11.5. The van der Waals surface area contributed by atoms with E-state index in [1.54, 1.807) is 6.07 Å². The molecule has 0 unspecified atom stereocenters. The van der Waals surface area contributed by atoms with Gasteiger partial charge in [-0.15, -0.1) is 0 Å². The Morgan fingerprint density at radius 2 is 2.00 bits per heavy atom. The van der Waals surface area contributed by atoms with E-state index in [0.29, 0.717) is 10.4 Å². The zero-order valence-electron chi connectivity index (χ0n) is 9.40. The summed E-state index contributed by atoms with van der Waals surface area (Å²) in [5.41, 5.74) is 1.08. The Morgan fingerprint density at radius 1 is 1.33 bits per heavy atom. The van der Waals surface area contributed by atoms with Gasteiger partial charge >= 0.3 is 0 Å². The molecule has 1 N–H and O–H groups in total. The van der Waals surface area contributed by atoms with E-state index in [4.69, 9.17) is 11.6 Å². The maximum atomic E-state index is 12.7. The van der Waals surface area contributed by atoms with Crippen LogP contribution < -0.4 is 5.32 Å². The lowest BCUT2D eigenvalue weighted by atomic mass is 9.92. The highest BCUT2D eigenvalue weighted by Gasteiger charge is 2.09. The van der Waals surface area contributed by atoms with Gasteiger partial charge in [0.25, 0.3) is 0 Å². The average molecular weight is 230 g/mol. The molecule has 0 aliphatic carbocycles. The van der Waals surface area contributed by atoms with Gasteiger partial charge in [0.2, 0.25) is 0 Å². The second kappa shape index (κ2) is 4.84. The van der Waals surface area contributed by atoms with Crippen LogP contribution in [0.1, 0.15) is 27.2 Å². The molecule has 0 saturated carbocycles. The average Bonchev–Trinajstić information content (AvgIpc) is 2.07. The van der Waals surface area contributed by atoms with E-state index >= 15 is 0 Å². The first kappa shape index (κ1) is 12.3. The lowest BCUT2D eigenvalue weighted by molar-refractivity contribution is 0.390. The fraction of sp³-hybridized carbons (Fsp3) is 0.500. The second-order valence-corrected chi connectivity index (χ2v) is 5.27. The second-order valence-electron chi connectivity index (χ2n) is 4.86. The molecule has 0 radical (unpaired) electrons. The molecule has 0 fully saturated rings. The van der Waals surface area contributed by atoms with E-state index in [1.165, 1.54) is 12.1 Å². The summed E-state index contributed by atoms with van der Waals surface area (Å²) in [5.74, 6) is -0.304. The number of hydrogen-bond acceptors (Lipinski definition) is 1. The predicted molar refractivity (Wildman–Crippen MR) is 64.0 cm³/mol. The van der Waals surface area contributed by atoms with Gasteiger partial charge in [0.05, 0.1) is 10.7 Å². The molecule has 0 atom stereocenters. The van der Waals surface area contributed by atoms with Crippen molar-refractivity contribution in [2.24, 2.45) is 5.41 Å². The third-order valence-electron chi connectivity index (χ3n) is 2.12. The molecule has 0 spiro atoms. The van der Waals surface area contributed by atoms with Gasteiger partial charge in [-0.05, 0) is 30.0 Å². The molecule has 0 amide bonds. The minimum atomic E-state index is -0.304. The Balaban J connectivity index is 2.51. The minimum absolute atomic E-state index is 0.291. The van der Waals surface area contributed by atoms with E-state index in [1.807, 2.05) is 0 Å². The molecular formula is C12H17ClFN. The lowest BCUT2D eigenvalue weighted by Crippen LogP contribution is -2.12. The number of nitrogens with one attached hydrogen (secondary N) is 1. The van der Waals surface area contributed by atoms with Crippen LogP contribution in [-0.4, -0.2) is 6.54 Å². The van der Waals surface area contributed by atoms with Crippen molar-refractivity contribution in [1.29, 1.82) is 0 Å². The molecule has 15 heavy (non-hydrogen) atoms. The molecule has 0 saturated heterocycles. The van der Waals surface area contributed by atoms with Crippen LogP contribution in [0, 0.1) is 11.2 Å². The Morgan fingerprint density at radius 3 is 2.53 bits per heavy atom. The van der Waals surface area contributed by atoms with Crippen LogP contribution in [-0.2, 0) is 0 Å². The summed E-state index contributed by atoms with van der Waals surface area (Å²) in [6, 6.07) is 4.40. The van der Waals surface area contributed by atoms with Crippen LogP contribution in [0.5, 0.6) is 0 Å². The van der Waals surface area contributed by atoms with Gasteiger partial charge in [-0.25, -0.2) is 4.39 Å². The molecule has 0 aliphatic heterocycles. The van der Waals surface area contributed by atoms with E-state index in [2.05, 4.69) is 26.1 Å². The third-order valence-corrected chi connectivity index (χ3v) is 2.43. The quantitative estimate of drug-likeness (QED) is 0.814. The Bertz CT molecular complexity index is 331. The van der Waals surface area contributed by atoms with Crippen molar-refractivity contribution in [3.8, 4) is 0 Å². The van der Waals surface area contributed by atoms with Gasteiger partial charge < -0.3 is 5.32 Å². The maximum Gasteiger partial charge on any atom is 0.124 e. The first-order valence-corrected chi connectivity index (χ1v) is 5.45. The summed E-state index contributed by atoms with van der Waals surface area (Å²) in [7, 11) is 0. The molecule has 84 valence electrons. The topological polar surface area (TPSA) is 12.0 Å². The summed E-state index contributed by atoms with van der Waals surface area (Å²) in [6.45, 7) is 7.39. The van der Waals surface area contributed by atoms with E-state index in [9.17, 15) is 4.39 Å². The van der Waals surface area contributed by atoms with Crippen LogP contribution in [0.2, 0.25) is 5.02 Å². The molecule has 0 bridgehead atoms. The Labute approximate surface area is 95.6 Å². The van der Waals surface area contributed by atoms with Crippen molar-refractivity contribution in [2.45, 2.75) is 27.2 Å². The molecule has 1 nitrogen and oxygen atoms in total. The number of hydrogen-bond donors (Lipinski definition) is 1. The monoisotopic (exact) mass is 229 g/mol. The summed E-state index contributed by atoms with van der Waals surface area (Å²) >= 11 is 5.88. The van der Waals surface area contributed by atoms with Crippen molar-refractivity contribution in [3.63, 3.8) is 0 Å². The van der Waals surface area contributed by atoms with Gasteiger partial charge in [-0.1, -0.05) is 32.4 Å². The van der Waals surface area contributed by atoms with Gasteiger partial charge in [0.1, 0.15) is 5.82 Å². The van der Waals surface area contributed by atoms with Crippen molar-refractivity contribution in [1.82, 2.24) is 0 Å². The fourth-order valence-corrected chi connectivity index (χ4v) is 1.44. The van der Waals surface area contributed by atoms with Crippen LogP contribution in [0.25, 0.3) is 0 Å². The Kier molecular flexibility index (Phi) is 3.97. The zero-order valence-corrected chi connectivity index (χ0v) is 10.2. The Hall–Kier alpha value is -0.760. The first-order valence-electron chi connectivity index (χ1n) is 5.07. The van der Waals surface area contributed by atoms with Crippen molar-refractivity contribution >= 4 is 17.3 Å². The number of anilines is 1. The van der Waals surface area contributed by atoms with Gasteiger partial charge in [-0.2, -0.15) is 0 Å². The largest absolute Gasteiger partial charge is 0.384 e. The van der Waals surface area contributed by atoms with Crippen molar-refractivity contribution in [2.75, 3.05) is 11.9 Å². The maximum absolute atomic E-state index is 12.7. The van der Waals surface area contributed by atoms with Crippen molar-refractivity contribution in [3.05, 3.63) is 29.0 Å². The molecule has 0 heterocycles. The van der Waals surface area contributed by atoms with E-state index in [-0.39, 0.29) is 5.82 Å². The lowest BCUT2D eigenvalue weighted by Gasteiger charge is -2.18. The molecule has 1 rings (SSSR count). The van der Waals surface area contributed by atoms with Gasteiger partial charge in [0, 0.05) is 6.54 Å². The minimum Gasteiger partial charge on any atom is -0.384 e. The predicted octanol–water partition coefficient (Wildman–Crippen LogP) is 4.33. The fourth-order valence-electron chi connectivity index (χ4n) is 1.21. The molecule has 0 aliphatic rings. The molecule has 1 aromatic rings. The number of benzene rings is 1. The normalized spacial score (nSPS) is 11.5. The summed E-state index contributed by atoms with van der Waals surface area (Å²) in [5, 5.41) is 3.63. The van der Waals surface area contributed by atoms with Crippen LogP contribution in [0.4, 0.5) is 10.1 Å². The summed E-state index contributed by atoms with van der Waals surface area (Å²) < 4.78 is 12.7. The smallest absolute Gasteiger partial charge is 0.124 e. The molecular weight excluding hydrogens is 213 g/mol. The number of rotatable bonds is 3. The number of halogens is 2. The summed E-state index contributed by atoms with van der Waals surface area (Å²) in [6.07, 6.45) is 1.04. The SMILES string of the molecule is CC(C)(C)CCNc1ccc(F)cc1Cl. The van der Waals surface area contributed by atoms with Crippen molar-refractivity contribution < 1.29 is 4.39 Å². The van der Waals surface area contributed by atoms with Crippen LogP contribution in [0.15, 0.2) is 18.2 Å². The highest BCUT2D eigenvalue weighted by atomic mass is 35.5. The highest BCUT2D eigenvalue weighted by Crippen LogP contribution is 2.24. The van der Waals surface area contributed by atoms with Crippen LogP contribution >= 0.6 is 11.6 Å². The standard InChI is InChI=1S/C12H17ClFN/c1-12(2,3)6-7-15-11-5-4-9(14)8-10(11)13/h4-5,8,15H,6-7H2,1-3H3. The van der Waals surface area contributed by atoms with Gasteiger partial charge in [0.15, 0.2) is 0 Å². The molecule has 0 aromatic heterocycles. The van der Waals surface area contributed by atoms with Crippen LogP contribution in [0.3, 0.4) is 0 Å². The van der Waals surface area contributed by atoms with E-state index in [0.717, 1.165) is 18.7 Å². The highest BCUT2D eigenvalue weighted by molar-refractivity contribution is 6.33. The molecule has 1 aromatic carbocycles. The van der Waals surface area contributed by atoms with E-state index < -0.39 is 0 Å².